The predicted molar refractivity (Wildman–Crippen MR) is 121 cm³/mol. The largest absolute Gasteiger partial charge is 0.463 e. The fourth-order valence-electron chi connectivity index (χ4n) is 3.69. The van der Waals surface area contributed by atoms with E-state index in [0.717, 1.165) is 37.7 Å². The summed E-state index contributed by atoms with van der Waals surface area (Å²) in [5.74, 6) is -0.441. The van der Waals surface area contributed by atoms with Gasteiger partial charge in [-0.25, -0.2) is 9.59 Å². The number of carbonyl (C=O) groups excluding carboxylic acids is 3. The number of benzene rings is 1. The highest BCUT2D eigenvalue weighted by Gasteiger charge is 2.36. The average Bonchev–Trinajstić information content (AvgIpc) is 2.74. The van der Waals surface area contributed by atoms with Gasteiger partial charge in [-0.1, -0.05) is 45.2 Å². The van der Waals surface area contributed by atoms with Crippen molar-refractivity contribution in [2.24, 2.45) is 0 Å². The number of urea groups is 1. The first-order valence-electron chi connectivity index (χ1n) is 11.3. The first-order chi connectivity index (χ1) is 14.9. The maximum atomic E-state index is 12.7. The predicted octanol–water partition coefficient (Wildman–Crippen LogP) is 4.91. The molecule has 0 fully saturated rings. The normalized spacial score (nSPS) is 16.2. The zero-order valence-corrected chi connectivity index (χ0v) is 19.1. The van der Waals surface area contributed by atoms with Crippen molar-refractivity contribution in [3.8, 4) is 0 Å². The highest BCUT2D eigenvalue weighted by atomic mass is 16.5. The second kappa shape index (κ2) is 12.1. The van der Waals surface area contributed by atoms with E-state index in [0.29, 0.717) is 29.9 Å². The summed E-state index contributed by atoms with van der Waals surface area (Å²) < 4.78 is 5.26. The van der Waals surface area contributed by atoms with Gasteiger partial charge in [-0.2, -0.15) is 0 Å². The van der Waals surface area contributed by atoms with Gasteiger partial charge >= 0.3 is 12.0 Å². The summed E-state index contributed by atoms with van der Waals surface area (Å²) >= 11 is 0. The van der Waals surface area contributed by atoms with Gasteiger partial charge in [-0.15, -0.1) is 0 Å². The van der Waals surface area contributed by atoms with Gasteiger partial charge in [0.25, 0.3) is 0 Å². The molecule has 0 aliphatic carbocycles. The Kier molecular flexibility index (Phi) is 9.56. The Bertz CT molecular complexity index is 802. The van der Waals surface area contributed by atoms with Crippen LogP contribution in [0.5, 0.6) is 0 Å². The second-order valence-corrected chi connectivity index (χ2v) is 7.73. The van der Waals surface area contributed by atoms with Crippen molar-refractivity contribution in [3.05, 3.63) is 41.1 Å². The first-order valence-corrected chi connectivity index (χ1v) is 11.3. The van der Waals surface area contributed by atoms with E-state index >= 15 is 0 Å². The summed E-state index contributed by atoms with van der Waals surface area (Å²) in [6.45, 7) is 8.44. The Hall–Kier alpha value is -2.83. The molecule has 0 spiro atoms. The van der Waals surface area contributed by atoms with Gasteiger partial charge < -0.3 is 15.4 Å². The Labute approximate surface area is 185 Å². The summed E-state index contributed by atoms with van der Waals surface area (Å²) in [6, 6.07) is 6.39. The molecule has 0 aromatic heterocycles. The van der Waals surface area contributed by atoms with Crippen molar-refractivity contribution in [1.82, 2.24) is 10.2 Å². The molecule has 3 amide bonds. The van der Waals surface area contributed by atoms with E-state index in [1.54, 1.807) is 30.9 Å². The van der Waals surface area contributed by atoms with Crippen LogP contribution in [0.15, 0.2) is 35.5 Å². The molecule has 1 aliphatic heterocycles. The quantitative estimate of drug-likeness (QED) is 0.386. The molecule has 1 aliphatic rings. The molecule has 0 saturated heterocycles. The standard InChI is InChI=1S/C24H35N3O4/c1-5-8-9-10-11-20(28)25-19-14-12-18(13-15-19)22-21(23(29)31-7-3)17(4)27(16-6-2)24(30)26-22/h12-15,22H,5-11,16H2,1-4H3,(H,25,28)(H,26,30). The molecule has 0 saturated carbocycles. The van der Waals surface area contributed by atoms with Gasteiger partial charge in [-0.3, -0.25) is 9.69 Å². The molecule has 170 valence electrons. The van der Waals surface area contributed by atoms with E-state index in [9.17, 15) is 14.4 Å². The molecule has 1 aromatic carbocycles. The number of amides is 3. The molecule has 0 radical (unpaired) electrons. The lowest BCUT2D eigenvalue weighted by molar-refractivity contribution is -0.139. The number of hydrogen-bond acceptors (Lipinski definition) is 4. The monoisotopic (exact) mass is 429 g/mol. The van der Waals surface area contributed by atoms with Crippen molar-refractivity contribution in [2.45, 2.75) is 72.3 Å². The van der Waals surface area contributed by atoms with Crippen molar-refractivity contribution < 1.29 is 19.1 Å². The Balaban J connectivity index is 2.18. The van der Waals surface area contributed by atoms with Crippen LogP contribution in [-0.4, -0.2) is 36.0 Å². The number of nitrogens with zero attached hydrogens (tertiary/aromatic N) is 1. The number of unbranched alkanes of at least 4 members (excludes halogenated alkanes) is 3. The molecule has 1 aromatic rings. The fraction of sp³-hybridized carbons (Fsp3) is 0.542. The first kappa shape index (κ1) is 24.4. The number of nitrogens with one attached hydrogen (secondary N) is 2. The van der Waals surface area contributed by atoms with Crippen LogP contribution in [-0.2, 0) is 14.3 Å². The van der Waals surface area contributed by atoms with E-state index < -0.39 is 12.0 Å². The molecular weight excluding hydrogens is 394 g/mol. The van der Waals surface area contributed by atoms with Gasteiger partial charge in [0.15, 0.2) is 0 Å². The molecule has 2 N–H and O–H groups in total. The van der Waals surface area contributed by atoms with Crippen LogP contribution in [0.25, 0.3) is 0 Å². The summed E-state index contributed by atoms with van der Waals surface area (Å²) in [4.78, 5) is 39.0. The minimum Gasteiger partial charge on any atom is -0.463 e. The molecule has 2 rings (SSSR count). The number of anilines is 1. The average molecular weight is 430 g/mol. The second-order valence-electron chi connectivity index (χ2n) is 7.73. The SMILES string of the molecule is CCCCCCC(=O)Nc1ccc(C2NC(=O)N(CCC)C(C)=C2C(=O)OCC)cc1. The van der Waals surface area contributed by atoms with Gasteiger partial charge in [0.1, 0.15) is 0 Å². The zero-order valence-electron chi connectivity index (χ0n) is 19.1. The van der Waals surface area contributed by atoms with Crippen molar-refractivity contribution in [1.29, 1.82) is 0 Å². The van der Waals surface area contributed by atoms with Gasteiger partial charge in [0.2, 0.25) is 5.91 Å². The molecule has 7 heteroatoms. The minimum absolute atomic E-state index is 0.00650. The number of ether oxygens (including phenoxy) is 1. The van der Waals surface area contributed by atoms with Gasteiger partial charge in [-0.05, 0) is 44.4 Å². The van der Waals surface area contributed by atoms with Gasteiger partial charge in [0, 0.05) is 24.4 Å². The van der Waals surface area contributed by atoms with E-state index in [1.807, 2.05) is 19.1 Å². The summed E-state index contributed by atoms with van der Waals surface area (Å²) in [7, 11) is 0. The highest BCUT2D eigenvalue weighted by Crippen LogP contribution is 2.32. The van der Waals surface area contributed by atoms with Gasteiger partial charge in [0.05, 0.1) is 18.2 Å². The molecule has 7 nitrogen and oxygen atoms in total. The van der Waals surface area contributed by atoms with E-state index in [-0.39, 0.29) is 18.5 Å². The van der Waals surface area contributed by atoms with Crippen LogP contribution in [0.4, 0.5) is 10.5 Å². The zero-order chi connectivity index (χ0) is 22.8. The van der Waals surface area contributed by atoms with E-state index in [1.165, 1.54) is 0 Å². The number of esters is 1. The molecule has 1 heterocycles. The van der Waals surface area contributed by atoms with E-state index in [2.05, 4.69) is 17.6 Å². The van der Waals surface area contributed by atoms with Crippen LogP contribution in [0, 0.1) is 0 Å². The Morgan fingerprint density at radius 2 is 1.77 bits per heavy atom. The Morgan fingerprint density at radius 3 is 2.39 bits per heavy atom. The van der Waals surface area contributed by atoms with Crippen molar-refractivity contribution in [2.75, 3.05) is 18.5 Å². The molecule has 1 atom stereocenters. The third-order valence-electron chi connectivity index (χ3n) is 5.32. The smallest absolute Gasteiger partial charge is 0.338 e. The van der Waals surface area contributed by atoms with Crippen LogP contribution in [0.3, 0.4) is 0 Å². The minimum atomic E-state index is -0.599. The number of rotatable bonds is 11. The Morgan fingerprint density at radius 1 is 1.06 bits per heavy atom. The van der Waals surface area contributed by atoms with Crippen molar-refractivity contribution in [3.63, 3.8) is 0 Å². The molecule has 31 heavy (non-hydrogen) atoms. The maximum Gasteiger partial charge on any atom is 0.338 e. The third kappa shape index (κ3) is 6.57. The number of hydrogen-bond donors (Lipinski definition) is 2. The fourth-order valence-corrected chi connectivity index (χ4v) is 3.69. The lowest BCUT2D eigenvalue weighted by atomic mass is 9.94. The maximum absolute atomic E-state index is 12.7. The lowest BCUT2D eigenvalue weighted by Crippen LogP contribution is -2.48. The topological polar surface area (TPSA) is 87.7 Å². The van der Waals surface area contributed by atoms with Crippen molar-refractivity contribution >= 4 is 23.6 Å². The number of carbonyl (C=O) groups is 3. The summed E-state index contributed by atoms with van der Waals surface area (Å²) in [6.07, 6.45) is 5.49. The van der Waals surface area contributed by atoms with Crippen LogP contribution in [0.1, 0.15) is 77.8 Å². The third-order valence-corrected chi connectivity index (χ3v) is 5.32. The highest BCUT2D eigenvalue weighted by molar-refractivity contribution is 5.95. The summed E-state index contributed by atoms with van der Waals surface area (Å²) in [5.41, 5.74) is 2.49. The molecular formula is C24H35N3O4. The molecule has 0 bridgehead atoms. The summed E-state index contributed by atoms with van der Waals surface area (Å²) in [5, 5.41) is 5.83. The van der Waals surface area contributed by atoms with Crippen LogP contribution < -0.4 is 10.6 Å². The van der Waals surface area contributed by atoms with Crippen LogP contribution in [0.2, 0.25) is 0 Å². The number of allylic oxidation sites excluding steroid dienone is 1. The van der Waals surface area contributed by atoms with Crippen LogP contribution >= 0.6 is 0 Å². The molecule has 1 unspecified atom stereocenters. The van der Waals surface area contributed by atoms with E-state index in [4.69, 9.17) is 4.74 Å². The lowest BCUT2D eigenvalue weighted by Gasteiger charge is -2.35.